The first-order valence-corrected chi connectivity index (χ1v) is 29.2. The molecular weight excluding hydrogens is 846 g/mol. The number of unbranched alkanes of at least 4 members (excludes halogenated alkanes) is 31. The summed E-state index contributed by atoms with van der Waals surface area (Å²) >= 11 is 0. The van der Waals surface area contributed by atoms with Gasteiger partial charge in [-0.25, -0.2) is 0 Å². The molecule has 9 nitrogen and oxygen atoms in total. The van der Waals surface area contributed by atoms with Gasteiger partial charge in [0.2, 0.25) is 0 Å². The topological polar surface area (TPSA) is 111 Å². The molecule has 66 heavy (non-hydrogen) atoms. The zero-order valence-corrected chi connectivity index (χ0v) is 44.8. The fraction of sp³-hybridized carbons (Fsp3) is 0.857. The van der Waals surface area contributed by atoms with E-state index in [0.717, 1.165) is 57.8 Å². The van der Waals surface area contributed by atoms with E-state index >= 15 is 0 Å². The van der Waals surface area contributed by atoms with Crippen molar-refractivity contribution in [3.05, 3.63) is 36.5 Å². The van der Waals surface area contributed by atoms with Crippen molar-refractivity contribution in [2.45, 2.75) is 264 Å². The summed E-state index contributed by atoms with van der Waals surface area (Å²) in [5.74, 6) is -0.859. The lowest BCUT2D eigenvalue weighted by Gasteiger charge is -2.28. The van der Waals surface area contributed by atoms with Crippen molar-refractivity contribution < 1.29 is 42.1 Å². The lowest BCUT2D eigenvalue weighted by molar-refractivity contribution is -0.870. The van der Waals surface area contributed by atoms with Gasteiger partial charge in [-0.3, -0.25) is 14.2 Å². The Morgan fingerprint density at radius 1 is 0.485 bits per heavy atom. The Bertz CT molecular complexity index is 1210. The molecule has 0 aromatic carbocycles. The maximum atomic E-state index is 12.7. The minimum atomic E-state index is -4.64. The van der Waals surface area contributed by atoms with Crippen LogP contribution in [0.2, 0.25) is 0 Å². The molecule has 0 amide bonds. The monoisotopic (exact) mass is 952 g/mol. The maximum absolute atomic E-state index is 12.7. The maximum Gasteiger partial charge on any atom is 0.306 e. The summed E-state index contributed by atoms with van der Waals surface area (Å²) in [5.41, 5.74) is 0. The number of hydrogen-bond donors (Lipinski definition) is 0. The Morgan fingerprint density at radius 3 is 1.29 bits per heavy atom. The zero-order chi connectivity index (χ0) is 48.5. The van der Waals surface area contributed by atoms with Crippen LogP contribution in [0.3, 0.4) is 0 Å². The van der Waals surface area contributed by atoms with Crippen molar-refractivity contribution in [1.82, 2.24) is 0 Å². The standard InChI is InChI=1S/C56H106NO8P/c1-6-8-10-12-14-16-18-20-21-22-23-24-25-26-27-28-29-30-31-32-33-34-35-37-38-40-42-44-46-48-55(58)62-52-54(53-64-66(60,61)63-51-50-57(3,4)5)65-56(59)49-47-45-43-41-39-36-19-17-15-13-11-9-7-2/h9,11,15,17,36,39,54H,6-8,10,12-14,16,18-35,37-38,40-53H2,1-5H3/b11-9-,17-15-,39-36-. The van der Waals surface area contributed by atoms with Gasteiger partial charge in [0.25, 0.3) is 7.82 Å². The van der Waals surface area contributed by atoms with Crippen molar-refractivity contribution >= 4 is 19.8 Å². The number of allylic oxidation sites excluding steroid dienone is 6. The third-order valence-electron chi connectivity index (χ3n) is 12.2. The molecule has 0 saturated carbocycles. The normalized spacial score (nSPS) is 13.6. The largest absolute Gasteiger partial charge is 0.756 e. The van der Waals surface area contributed by atoms with Gasteiger partial charge in [-0.05, 0) is 44.9 Å². The summed E-state index contributed by atoms with van der Waals surface area (Å²) in [6, 6.07) is 0. The molecular formula is C56H106NO8P. The van der Waals surface area contributed by atoms with Crippen molar-refractivity contribution in [3.63, 3.8) is 0 Å². The van der Waals surface area contributed by atoms with E-state index in [1.54, 1.807) is 0 Å². The number of carbonyl (C=O) groups is 2. The van der Waals surface area contributed by atoms with Gasteiger partial charge < -0.3 is 27.9 Å². The van der Waals surface area contributed by atoms with Crippen molar-refractivity contribution in [1.29, 1.82) is 0 Å². The van der Waals surface area contributed by atoms with Gasteiger partial charge >= 0.3 is 11.9 Å². The molecule has 2 unspecified atom stereocenters. The molecule has 0 aromatic rings. The summed E-state index contributed by atoms with van der Waals surface area (Å²) in [6.45, 7) is 4.11. The molecule has 0 bridgehead atoms. The first-order valence-electron chi connectivity index (χ1n) is 27.7. The van der Waals surface area contributed by atoms with Crippen LogP contribution in [-0.2, 0) is 32.7 Å². The van der Waals surface area contributed by atoms with Crippen molar-refractivity contribution in [3.8, 4) is 0 Å². The van der Waals surface area contributed by atoms with Crippen LogP contribution in [0.4, 0.5) is 0 Å². The molecule has 10 heteroatoms. The van der Waals surface area contributed by atoms with Crippen LogP contribution in [0.1, 0.15) is 258 Å². The highest BCUT2D eigenvalue weighted by Crippen LogP contribution is 2.38. The number of hydrogen-bond acceptors (Lipinski definition) is 8. The summed E-state index contributed by atoms with van der Waals surface area (Å²) in [6.07, 6.45) is 57.9. The predicted octanol–water partition coefficient (Wildman–Crippen LogP) is 16.2. The molecule has 2 atom stereocenters. The van der Waals surface area contributed by atoms with E-state index < -0.39 is 26.5 Å². The molecule has 0 N–H and O–H groups in total. The quantitative estimate of drug-likeness (QED) is 0.0195. The summed E-state index contributed by atoms with van der Waals surface area (Å²) < 4.78 is 34.0. The van der Waals surface area contributed by atoms with Crippen LogP contribution in [0.15, 0.2) is 36.5 Å². The highest BCUT2D eigenvalue weighted by atomic mass is 31.2. The minimum absolute atomic E-state index is 0.0358. The number of esters is 2. The number of likely N-dealkylation sites (N-methyl/N-ethyl adjacent to an activating group) is 1. The second-order valence-electron chi connectivity index (χ2n) is 19.9. The SMILES string of the molecule is CC/C=C\C/C=C\C/C=C\CCCCCC(=O)OC(COC(=O)CCCCCCCCCCCCCCCCCCCCCCCCCCCCCCC)COP(=O)([O-])OCC[N+](C)(C)C. The molecule has 0 aliphatic rings. The average Bonchev–Trinajstić information content (AvgIpc) is 3.27. The first kappa shape index (κ1) is 64.2. The van der Waals surface area contributed by atoms with E-state index in [4.69, 9.17) is 18.5 Å². The van der Waals surface area contributed by atoms with Gasteiger partial charge in [0, 0.05) is 12.8 Å². The molecule has 0 spiro atoms. The van der Waals surface area contributed by atoms with Crippen LogP contribution in [0.25, 0.3) is 0 Å². The highest BCUT2D eigenvalue weighted by Gasteiger charge is 2.21. The smallest absolute Gasteiger partial charge is 0.306 e. The number of rotatable bonds is 51. The first-order chi connectivity index (χ1) is 32.0. The zero-order valence-electron chi connectivity index (χ0n) is 43.9. The summed E-state index contributed by atoms with van der Waals surface area (Å²) in [4.78, 5) is 37.7. The Labute approximate surface area is 408 Å². The number of nitrogens with zero attached hydrogens (tertiary/aromatic N) is 1. The molecule has 0 saturated heterocycles. The summed E-state index contributed by atoms with van der Waals surface area (Å²) in [7, 11) is 1.15. The second-order valence-corrected chi connectivity index (χ2v) is 21.3. The lowest BCUT2D eigenvalue weighted by Crippen LogP contribution is -2.37. The number of phosphoric acid groups is 1. The predicted molar refractivity (Wildman–Crippen MR) is 277 cm³/mol. The lowest BCUT2D eigenvalue weighted by atomic mass is 10.0. The Balaban J connectivity index is 4.03. The summed E-state index contributed by atoms with van der Waals surface area (Å²) in [5, 5.41) is 0. The van der Waals surface area contributed by atoms with E-state index in [1.807, 2.05) is 21.1 Å². The van der Waals surface area contributed by atoms with Gasteiger partial charge in [0.05, 0.1) is 27.7 Å². The van der Waals surface area contributed by atoms with Crippen molar-refractivity contribution in [2.24, 2.45) is 0 Å². The van der Waals surface area contributed by atoms with Crippen molar-refractivity contribution in [2.75, 3.05) is 47.5 Å². The van der Waals surface area contributed by atoms with Gasteiger partial charge in [-0.1, -0.05) is 237 Å². The Kier molecular flexibility index (Phi) is 47.0. The number of quaternary nitrogens is 1. The fourth-order valence-corrected chi connectivity index (χ4v) is 8.64. The van der Waals surface area contributed by atoms with Crippen LogP contribution in [0.5, 0.6) is 0 Å². The van der Waals surface area contributed by atoms with Crippen LogP contribution in [0, 0.1) is 0 Å². The van der Waals surface area contributed by atoms with E-state index in [2.05, 4.69) is 50.3 Å². The van der Waals surface area contributed by atoms with Gasteiger partial charge in [-0.2, -0.15) is 0 Å². The Morgan fingerprint density at radius 2 is 0.864 bits per heavy atom. The van der Waals surface area contributed by atoms with Crippen LogP contribution >= 0.6 is 7.82 Å². The molecule has 0 aliphatic heterocycles. The molecule has 0 rings (SSSR count). The number of ether oxygens (including phenoxy) is 2. The second kappa shape index (κ2) is 48.3. The van der Waals surface area contributed by atoms with Crippen LogP contribution < -0.4 is 4.89 Å². The third-order valence-corrected chi connectivity index (χ3v) is 13.1. The Hall–Kier alpha value is -1.77. The fourth-order valence-electron chi connectivity index (χ4n) is 7.91. The molecule has 0 heterocycles. The number of carbonyl (C=O) groups excluding carboxylic acids is 2. The van der Waals surface area contributed by atoms with Gasteiger partial charge in [0.1, 0.15) is 19.8 Å². The molecule has 0 aromatic heterocycles. The van der Waals surface area contributed by atoms with E-state index in [9.17, 15) is 19.0 Å². The number of phosphoric ester groups is 1. The highest BCUT2D eigenvalue weighted by molar-refractivity contribution is 7.45. The molecule has 388 valence electrons. The molecule has 0 fully saturated rings. The third kappa shape index (κ3) is 51.6. The molecule has 0 aliphatic carbocycles. The van der Waals surface area contributed by atoms with E-state index in [-0.39, 0.29) is 32.0 Å². The van der Waals surface area contributed by atoms with E-state index in [0.29, 0.717) is 17.4 Å². The van der Waals surface area contributed by atoms with Gasteiger partial charge in [0.15, 0.2) is 6.10 Å². The minimum Gasteiger partial charge on any atom is -0.756 e. The average molecular weight is 952 g/mol. The molecule has 0 radical (unpaired) electrons. The van der Waals surface area contributed by atoms with E-state index in [1.165, 1.54) is 167 Å². The van der Waals surface area contributed by atoms with Gasteiger partial charge in [-0.15, -0.1) is 0 Å². The van der Waals surface area contributed by atoms with Crippen LogP contribution in [-0.4, -0.2) is 70.0 Å².